The molecule has 0 radical (unpaired) electrons. The van der Waals surface area contributed by atoms with Crippen LogP contribution in [-0.2, 0) is 33.2 Å². The Morgan fingerprint density at radius 3 is 1.60 bits per heavy atom. The van der Waals surface area contributed by atoms with Crippen molar-refractivity contribution < 1.29 is 33.2 Å². The molecule has 176 valence electrons. The summed E-state index contributed by atoms with van der Waals surface area (Å²) >= 11 is 0. The predicted octanol–water partition coefficient (Wildman–Crippen LogP) is 3.79. The maximum absolute atomic E-state index is 11.8. The van der Waals surface area contributed by atoms with Crippen molar-refractivity contribution >= 4 is 5.97 Å². The number of ether oxygens (including phenoxy) is 6. The highest BCUT2D eigenvalue weighted by atomic mass is 16.7. The van der Waals surface area contributed by atoms with Gasteiger partial charge in [-0.05, 0) is 20.8 Å². The summed E-state index contributed by atoms with van der Waals surface area (Å²) in [5.74, 6) is -0.367. The predicted molar refractivity (Wildman–Crippen MR) is 113 cm³/mol. The Hall–Kier alpha value is -0.730. The standard InChI is InChI=1S/C23H42O7/c1-16(2)17(24)25-10-21(6,7)18-26-12-23(13-27-18)14-28-19(29-15-23)22(8,9)11-30-20(3,4)5/h16,18-19H,10-15H2,1-9H3. The minimum atomic E-state index is -0.447. The smallest absolute Gasteiger partial charge is 0.308 e. The van der Waals surface area contributed by atoms with Crippen molar-refractivity contribution in [2.45, 2.75) is 80.5 Å². The molecule has 2 heterocycles. The third kappa shape index (κ3) is 6.89. The highest BCUT2D eigenvalue weighted by Gasteiger charge is 2.48. The zero-order valence-electron chi connectivity index (χ0n) is 20.3. The number of carbonyl (C=O) groups excluding carboxylic acids is 1. The van der Waals surface area contributed by atoms with E-state index in [9.17, 15) is 4.79 Å². The van der Waals surface area contributed by atoms with Crippen LogP contribution in [0, 0.1) is 22.2 Å². The van der Waals surface area contributed by atoms with Gasteiger partial charge >= 0.3 is 5.97 Å². The van der Waals surface area contributed by atoms with Crippen molar-refractivity contribution in [2.24, 2.45) is 22.2 Å². The molecule has 1 spiro atoms. The van der Waals surface area contributed by atoms with Crippen LogP contribution >= 0.6 is 0 Å². The molecule has 0 atom stereocenters. The van der Waals surface area contributed by atoms with E-state index in [0.717, 1.165) is 0 Å². The van der Waals surface area contributed by atoms with Crippen molar-refractivity contribution in [2.75, 3.05) is 39.6 Å². The van der Waals surface area contributed by atoms with Gasteiger partial charge in [-0.2, -0.15) is 0 Å². The molecule has 2 saturated heterocycles. The van der Waals surface area contributed by atoms with Crippen LogP contribution in [0.15, 0.2) is 0 Å². The second-order valence-corrected chi connectivity index (χ2v) is 11.5. The second-order valence-electron chi connectivity index (χ2n) is 11.5. The highest BCUT2D eigenvalue weighted by molar-refractivity contribution is 5.71. The zero-order valence-corrected chi connectivity index (χ0v) is 20.3. The molecule has 0 N–H and O–H groups in total. The molecule has 2 fully saturated rings. The summed E-state index contributed by atoms with van der Waals surface area (Å²) in [7, 11) is 0. The van der Waals surface area contributed by atoms with Gasteiger partial charge in [0.25, 0.3) is 0 Å². The lowest BCUT2D eigenvalue weighted by Gasteiger charge is -2.48. The van der Waals surface area contributed by atoms with E-state index < -0.39 is 11.7 Å². The first-order valence-electron chi connectivity index (χ1n) is 10.9. The number of hydrogen-bond acceptors (Lipinski definition) is 7. The van der Waals surface area contributed by atoms with Crippen molar-refractivity contribution in [1.82, 2.24) is 0 Å². The minimum Gasteiger partial charge on any atom is -0.465 e. The van der Waals surface area contributed by atoms with Crippen LogP contribution in [0.3, 0.4) is 0 Å². The largest absolute Gasteiger partial charge is 0.465 e. The Kier molecular flexibility index (Phi) is 8.01. The molecule has 0 aromatic heterocycles. The van der Waals surface area contributed by atoms with Gasteiger partial charge in [-0.3, -0.25) is 4.79 Å². The van der Waals surface area contributed by atoms with Crippen molar-refractivity contribution in [3.63, 3.8) is 0 Å². The topological polar surface area (TPSA) is 72.5 Å². The molecule has 0 saturated carbocycles. The average Bonchev–Trinajstić information content (AvgIpc) is 2.65. The minimum absolute atomic E-state index is 0.153. The second kappa shape index (κ2) is 9.41. The lowest BCUT2D eigenvalue weighted by molar-refractivity contribution is -0.338. The molecule has 2 rings (SSSR count). The molecular weight excluding hydrogens is 388 g/mol. The summed E-state index contributed by atoms with van der Waals surface area (Å²) in [5.41, 5.74) is -1.24. The van der Waals surface area contributed by atoms with E-state index in [1.165, 1.54) is 0 Å². The zero-order chi connectivity index (χ0) is 22.8. The van der Waals surface area contributed by atoms with Crippen molar-refractivity contribution in [3.8, 4) is 0 Å². The lowest BCUT2D eigenvalue weighted by atomic mass is 9.86. The van der Waals surface area contributed by atoms with E-state index in [0.29, 0.717) is 33.0 Å². The lowest BCUT2D eigenvalue weighted by Crippen LogP contribution is -2.57. The third-order valence-electron chi connectivity index (χ3n) is 5.37. The summed E-state index contributed by atoms with van der Waals surface area (Å²) in [6.07, 6.45) is -0.785. The number of hydrogen-bond donors (Lipinski definition) is 0. The fourth-order valence-electron chi connectivity index (χ4n) is 3.22. The van der Waals surface area contributed by atoms with Gasteiger partial charge in [0.1, 0.15) is 6.61 Å². The van der Waals surface area contributed by atoms with Crippen LogP contribution < -0.4 is 0 Å². The normalized spacial score (nSPS) is 28.7. The first-order valence-corrected chi connectivity index (χ1v) is 10.9. The van der Waals surface area contributed by atoms with Crippen molar-refractivity contribution in [1.29, 1.82) is 0 Å². The van der Waals surface area contributed by atoms with E-state index in [4.69, 9.17) is 28.4 Å². The molecule has 2 aliphatic rings. The van der Waals surface area contributed by atoms with E-state index in [1.54, 1.807) is 0 Å². The molecule has 7 nitrogen and oxygen atoms in total. The molecule has 0 unspecified atom stereocenters. The van der Waals surface area contributed by atoms with Gasteiger partial charge in [0.2, 0.25) is 0 Å². The van der Waals surface area contributed by atoms with Crippen molar-refractivity contribution in [3.05, 3.63) is 0 Å². The monoisotopic (exact) mass is 430 g/mol. The fraction of sp³-hybridized carbons (Fsp3) is 0.957. The Balaban J connectivity index is 1.83. The van der Waals surface area contributed by atoms with Gasteiger partial charge in [-0.25, -0.2) is 0 Å². The van der Waals surface area contributed by atoms with E-state index in [-0.39, 0.29) is 41.2 Å². The maximum Gasteiger partial charge on any atom is 0.308 e. The molecule has 0 aliphatic carbocycles. The summed E-state index contributed by atoms with van der Waals surface area (Å²) < 4.78 is 35.6. The Morgan fingerprint density at radius 1 is 0.833 bits per heavy atom. The molecule has 0 bridgehead atoms. The molecule has 0 aromatic carbocycles. The Bertz CT molecular complexity index is 559. The first-order chi connectivity index (χ1) is 13.7. The first kappa shape index (κ1) is 25.5. The SMILES string of the molecule is CC(C)C(=O)OCC(C)(C)C1OCC2(CO1)COC(C(C)(C)COC(C)(C)C)OC2. The number of esters is 1. The van der Waals surface area contributed by atoms with Gasteiger partial charge < -0.3 is 28.4 Å². The number of carbonyl (C=O) groups is 1. The molecule has 30 heavy (non-hydrogen) atoms. The molecule has 0 amide bonds. The summed E-state index contributed by atoms with van der Waals surface area (Å²) in [4.78, 5) is 11.8. The Labute approximate surface area is 182 Å². The van der Waals surface area contributed by atoms with Crippen LogP contribution in [0.5, 0.6) is 0 Å². The van der Waals surface area contributed by atoms with E-state index in [2.05, 4.69) is 13.8 Å². The van der Waals surface area contributed by atoms with Crippen LogP contribution in [0.2, 0.25) is 0 Å². The summed E-state index contributed by atoms with van der Waals surface area (Å²) in [5, 5.41) is 0. The number of rotatable bonds is 7. The summed E-state index contributed by atoms with van der Waals surface area (Å²) in [6, 6.07) is 0. The van der Waals surface area contributed by atoms with Crippen LogP contribution in [0.1, 0.15) is 62.3 Å². The Morgan fingerprint density at radius 2 is 1.23 bits per heavy atom. The molecule has 2 aliphatic heterocycles. The molecular formula is C23H42O7. The van der Waals surface area contributed by atoms with E-state index in [1.807, 2.05) is 48.5 Å². The van der Waals surface area contributed by atoms with Crippen LogP contribution in [-0.4, -0.2) is 63.8 Å². The van der Waals surface area contributed by atoms with Gasteiger partial charge in [0, 0.05) is 10.8 Å². The molecule has 0 aromatic rings. The van der Waals surface area contributed by atoms with Gasteiger partial charge in [-0.15, -0.1) is 0 Å². The molecule has 7 heteroatoms. The van der Waals surface area contributed by atoms with E-state index >= 15 is 0 Å². The average molecular weight is 431 g/mol. The van der Waals surface area contributed by atoms with Gasteiger partial charge in [0.15, 0.2) is 12.6 Å². The third-order valence-corrected chi connectivity index (χ3v) is 5.37. The quantitative estimate of drug-likeness (QED) is 0.569. The summed E-state index contributed by atoms with van der Waals surface area (Å²) in [6.45, 7) is 20.7. The van der Waals surface area contributed by atoms with Crippen LogP contribution in [0.4, 0.5) is 0 Å². The maximum atomic E-state index is 11.8. The van der Waals surface area contributed by atoms with Gasteiger partial charge in [-0.1, -0.05) is 41.5 Å². The van der Waals surface area contributed by atoms with Gasteiger partial charge in [0.05, 0.1) is 50.0 Å². The van der Waals surface area contributed by atoms with Crippen LogP contribution in [0.25, 0.3) is 0 Å². The fourth-order valence-corrected chi connectivity index (χ4v) is 3.22. The highest BCUT2D eigenvalue weighted by Crippen LogP contribution is 2.38.